The number of nitrogen functional groups attached to an aromatic ring is 1. The van der Waals surface area contributed by atoms with E-state index in [-0.39, 0.29) is 5.91 Å². The van der Waals surface area contributed by atoms with Gasteiger partial charge in [-0.3, -0.25) is 9.79 Å². The number of benzene rings is 1. The SMILES string of the molecule is C=CC(=O)NC(=NCCC)c1ccc(N)cc1. The summed E-state index contributed by atoms with van der Waals surface area (Å²) in [7, 11) is 0. The summed E-state index contributed by atoms with van der Waals surface area (Å²) in [5, 5.41) is 2.69. The van der Waals surface area contributed by atoms with Gasteiger partial charge in [-0.25, -0.2) is 0 Å². The van der Waals surface area contributed by atoms with Crippen molar-refractivity contribution in [3.05, 3.63) is 42.5 Å². The minimum Gasteiger partial charge on any atom is -0.399 e. The topological polar surface area (TPSA) is 67.5 Å². The predicted molar refractivity (Wildman–Crippen MR) is 70.9 cm³/mol. The second kappa shape index (κ2) is 6.48. The number of nitrogens with zero attached hydrogens (tertiary/aromatic N) is 1. The van der Waals surface area contributed by atoms with Gasteiger partial charge in [0.25, 0.3) is 0 Å². The zero-order chi connectivity index (χ0) is 12.7. The Morgan fingerprint density at radius 3 is 2.65 bits per heavy atom. The van der Waals surface area contributed by atoms with Gasteiger partial charge in [-0.15, -0.1) is 0 Å². The van der Waals surface area contributed by atoms with Crippen molar-refractivity contribution in [2.24, 2.45) is 4.99 Å². The molecule has 0 bridgehead atoms. The summed E-state index contributed by atoms with van der Waals surface area (Å²) in [6.45, 7) is 6.11. The molecule has 3 N–H and O–H groups in total. The highest BCUT2D eigenvalue weighted by Gasteiger charge is 2.05. The van der Waals surface area contributed by atoms with Crippen LogP contribution in [0.15, 0.2) is 41.9 Å². The summed E-state index contributed by atoms with van der Waals surface area (Å²) in [6.07, 6.45) is 2.14. The molecule has 0 aliphatic rings. The van der Waals surface area contributed by atoms with E-state index >= 15 is 0 Å². The number of amidine groups is 1. The van der Waals surface area contributed by atoms with Crippen LogP contribution in [-0.2, 0) is 4.79 Å². The zero-order valence-electron chi connectivity index (χ0n) is 9.94. The number of nitrogens with two attached hydrogens (primary N) is 1. The Labute approximate surface area is 101 Å². The summed E-state index contributed by atoms with van der Waals surface area (Å²) >= 11 is 0. The normalized spacial score (nSPS) is 11.0. The molecule has 4 heteroatoms. The van der Waals surface area contributed by atoms with Crippen LogP contribution in [0.1, 0.15) is 18.9 Å². The third-order valence-electron chi connectivity index (χ3n) is 2.10. The molecule has 0 saturated carbocycles. The van der Waals surface area contributed by atoms with Crippen LogP contribution in [0.5, 0.6) is 0 Å². The Balaban J connectivity index is 2.93. The van der Waals surface area contributed by atoms with Crippen molar-refractivity contribution in [3.8, 4) is 0 Å². The van der Waals surface area contributed by atoms with Crippen molar-refractivity contribution in [3.63, 3.8) is 0 Å². The highest BCUT2D eigenvalue weighted by atomic mass is 16.1. The quantitative estimate of drug-likeness (QED) is 0.358. The lowest BCUT2D eigenvalue weighted by atomic mass is 10.2. The van der Waals surface area contributed by atoms with E-state index in [0.717, 1.165) is 12.0 Å². The molecule has 0 radical (unpaired) electrons. The Morgan fingerprint density at radius 2 is 2.12 bits per heavy atom. The Bertz CT molecular complexity index is 421. The highest BCUT2D eigenvalue weighted by Crippen LogP contribution is 2.06. The molecule has 1 aromatic rings. The van der Waals surface area contributed by atoms with Crippen LogP contribution in [0, 0.1) is 0 Å². The van der Waals surface area contributed by atoms with E-state index in [0.29, 0.717) is 18.1 Å². The molecular formula is C13H17N3O. The lowest BCUT2D eigenvalue weighted by Gasteiger charge is -2.07. The summed E-state index contributed by atoms with van der Waals surface area (Å²) in [5.74, 6) is 0.286. The minimum absolute atomic E-state index is 0.267. The standard InChI is InChI=1S/C13H17N3O/c1-3-9-15-13(16-12(17)4-2)10-5-7-11(14)8-6-10/h4-8H,2-3,9,14H2,1H3,(H,15,16,17). The van der Waals surface area contributed by atoms with Crippen molar-refractivity contribution in [2.75, 3.05) is 12.3 Å². The molecule has 0 spiro atoms. The lowest BCUT2D eigenvalue weighted by molar-refractivity contribution is -0.115. The molecule has 0 fully saturated rings. The van der Waals surface area contributed by atoms with Crippen LogP contribution in [0.2, 0.25) is 0 Å². The van der Waals surface area contributed by atoms with Gasteiger partial charge in [0.1, 0.15) is 5.84 Å². The van der Waals surface area contributed by atoms with Gasteiger partial charge in [-0.1, -0.05) is 13.5 Å². The van der Waals surface area contributed by atoms with Gasteiger partial charge in [0.05, 0.1) is 0 Å². The number of anilines is 1. The Morgan fingerprint density at radius 1 is 1.47 bits per heavy atom. The van der Waals surface area contributed by atoms with Crippen LogP contribution < -0.4 is 11.1 Å². The maximum atomic E-state index is 11.3. The number of aliphatic imine (C=N–C) groups is 1. The first-order valence-corrected chi connectivity index (χ1v) is 5.51. The fourth-order valence-corrected chi connectivity index (χ4v) is 1.24. The van der Waals surface area contributed by atoms with Gasteiger partial charge in [0, 0.05) is 17.8 Å². The average Bonchev–Trinajstić information content (AvgIpc) is 2.35. The molecule has 0 atom stereocenters. The first kappa shape index (κ1) is 13.0. The predicted octanol–water partition coefficient (Wildman–Crippen LogP) is 1.73. The Kier molecular flexibility index (Phi) is 4.94. The monoisotopic (exact) mass is 231 g/mol. The van der Waals surface area contributed by atoms with Gasteiger partial charge >= 0.3 is 0 Å². The van der Waals surface area contributed by atoms with Crippen LogP contribution in [0.3, 0.4) is 0 Å². The largest absolute Gasteiger partial charge is 0.399 e. The van der Waals surface area contributed by atoms with E-state index in [1.807, 2.05) is 19.1 Å². The molecule has 17 heavy (non-hydrogen) atoms. The zero-order valence-corrected chi connectivity index (χ0v) is 9.94. The van der Waals surface area contributed by atoms with Gasteiger partial charge in [0.2, 0.25) is 5.91 Å². The van der Waals surface area contributed by atoms with Crippen LogP contribution in [0.25, 0.3) is 0 Å². The number of hydrogen-bond acceptors (Lipinski definition) is 3. The van der Waals surface area contributed by atoms with Gasteiger partial charge < -0.3 is 11.1 Å². The van der Waals surface area contributed by atoms with E-state index in [4.69, 9.17) is 5.73 Å². The van der Waals surface area contributed by atoms with Gasteiger partial charge in [0.15, 0.2) is 0 Å². The van der Waals surface area contributed by atoms with E-state index in [1.165, 1.54) is 6.08 Å². The summed E-state index contributed by atoms with van der Waals surface area (Å²) in [4.78, 5) is 15.6. The van der Waals surface area contributed by atoms with E-state index < -0.39 is 0 Å². The molecular weight excluding hydrogens is 214 g/mol. The Hall–Kier alpha value is -2.10. The molecule has 90 valence electrons. The van der Waals surface area contributed by atoms with Crippen molar-refractivity contribution in [2.45, 2.75) is 13.3 Å². The molecule has 0 unspecified atom stereocenters. The third kappa shape index (κ3) is 4.10. The molecule has 1 rings (SSSR count). The van der Waals surface area contributed by atoms with Crippen LogP contribution >= 0.6 is 0 Å². The maximum absolute atomic E-state index is 11.3. The minimum atomic E-state index is -0.267. The third-order valence-corrected chi connectivity index (χ3v) is 2.10. The summed E-state index contributed by atoms with van der Waals surface area (Å²) in [5.41, 5.74) is 7.13. The molecule has 0 aliphatic heterocycles. The second-order valence-corrected chi connectivity index (χ2v) is 3.55. The van der Waals surface area contributed by atoms with E-state index in [2.05, 4.69) is 16.9 Å². The fraction of sp³-hybridized carbons (Fsp3) is 0.231. The van der Waals surface area contributed by atoms with Gasteiger partial charge in [-0.2, -0.15) is 0 Å². The van der Waals surface area contributed by atoms with E-state index in [9.17, 15) is 4.79 Å². The van der Waals surface area contributed by atoms with Crippen molar-refractivity contribution >= 4 is 17.4 Å². The summed E-state index contributed by atoms with van der Waals surface area (Å²) < 4.78 is 0. The van der Waals surface area contributed by atoms with Crippen molar-refractivity contribution in [1.29, 1.82) is 0 Å². The number of amides is 1. The molecule has 1 amide bonds. The molecule has 4 nitrogen and oxygen atoms in total. The number of rotatable bonds is 4. The van der Waals surface area contributed by atoms with Gasteiger partial charge in [-0.05, 0) is 36.8 Å². The lowest BCUT2D eigenvalue weighted by Crippen LogP contribution is -2.30. The van der Waals surface area contributed by atoms with Crippen molar-refractivity contribution in [1.82, 2.24) is 5.32 Å². The summed E-state index contributed by atoms with van der Waals surface area (Å²) in [6, 6.07) is 7.20. The fourth-order valence-electron chi connectivity index (χ4n) is 1.24. The molecule has 1 aromatic carbocycles. The maximum Gasteiger partial charge on any atom is 0.248 e. The molecule has 0 heterocycles. The van der Waals surface area contributed by atoms with Crippen LogP contribution in [0.4, 0.5) is 5.69 Å². The highest BCUT2D eigenvalue weighted by molar-refractivity contribution is 6.10. The first-order chi connectivity index (χ1) is 8.17. The molecule has 0 saturated heterocycles. The number of carbonyl (C=O) groups is 1. The number of hydrogen-bond donors (Lipinski definition) is 2. The number of carbonyl (C=O) groups excluding carboxylic acids is 1. The van der Waals surface area contributed by atoms with E-state index in [1.54, 1.807) is 12.1 Å². The smallest absolute Gasteiger partial charge is 0.248 e. The second-order valence-electron chi connectivity index (χ2n) is 3.55. The first-order valence-electron chi connectivity index (χ1n) is 5.51. The number of nitrogens with one attached hydrogen (secondary N) is 1. The van der Waals surface area contributed by atoms with Crippen molar-refractivity contribution < 1.29 is 4.79 Å². The van der Waals surface area contributed by atoms with Crippen LogP contribution in [-0.4, -0.2) is 18.3 Å². The molecule has 0 aromatic heterocycles. The molecule has 0 aliphatic carbocycles. The average molecular weight is 231 g/mol.